The molecule has 1 atom stereocenters. The van der Waals surface area contributed by atoms with Crippen LogP contribution in [0.1, 0.15) is 30.1 Å². The summed E-state index contributed by atoms with van der Waals surface area (Å²) in [6.07, 6.45) is 0.734. The molecule has 0 saturated carbocycles. The summed E-state index contributed by atoms with van der Waals surface area (Å²) in [6.45, 7) is 2.86. The lowest BCUT2D eigenvalue weighted by Crippen LogP contribution is -2.49. The van der Waals surface area contributed by atoms with Gasteiger partial charge in [-0.1, -0.05) is 0 Å². The molecule has 2 amide bonds. The highest BCUT2D eigenvalue weighted by atomic mass is 16.5. The summed E-state index contributed by atoms with van der Waals surface area (Å²) in [6, 6.07) is 13.3. The van der Waals surface area contributed by atoms with Crippen LogP contribution >= 0.6 is 0 Å². The highest BCUT2D eigenvalue weighted by Gasteiger charge is 2.26. The predicted molar refractivity (Wildman–Crippen MR) is 108 cm³/mol. The Kier molecular flexibility index (Phi) is 6.59. The minimum Gasteiger partial charge on any atom is -0.508 e. The molecule has 1 aliphatic rings. The van der Waals surface area contributed by atoms with Crippen molar-refractivity contribution in [3.05, 3.63) is 54.1 Å². The fraction of sp³-hybridized carbons (Fsp3) is 0.364. The lowest BCUT2D eigenvalue weighted by atomic mass is 10.0. The number of hydrogen-bond donors (Lipinski definition) is 2. The van der Waals surface area contributed by atoms with Crippen LogP contribution in [-0.4, -0.2) is 54.2 Å². The Morgan fingerprint density at radius 2 is 1.62 bits per heavy atom. The van der Waals surface area contributed by atoms with E-state index in [1.807, 2.05) is 0 Å². The van der Waals surface area contributed by atoms with Gasteiger partial charge in [-0.3, -0.25) is 9.59 Å². The summed E-state index contributed by atoms with van der Waals surface area (Å²) in [5.41, 5.74) is 0.629. The molecule has 7 nitrogen and oxygen atoms in total. The molecular formula is C22H26N2O5. The van der Waals surface area contributed by atoms with E-state index in [-0.39, 0.29) is 23.6 Å². The van der Waals surface area contributed by atoms with Crippen LogP contribution in [0.3, 0.4) is 0 Å². The van der Waals surface area contributed by atoms with E-state index in [2.05, 4.69) is 5.32 Å². The summed E-state index contributed by atoms with van der Waals surface area (Å²) in [4.78, 5) is 26.8. The monoisotopic (exact) mass is 398 g/mol. The zero-order chi connectivity index (χ0) is 20.8. The lowest BCUT2D eigenvalue weighted by molar-refractivity contribution is -0.128. The molecule has 1 saturated heterocycles. The first-order valence-electron chi connectivity index (χ1n) is 9.65. The number of phenols is 1. The average Bonchev–Trinajstić information content (AvgIpc) is 2.75. The smallest absolute Gasteiger partial charge is 0.260 e. The fourth-order valence-corrected chi connectivity index (χ4v) is 3.24. The molecule has 0 radical (unpaired) electrons. The van der Waals surface area contributed by atoms with Gasteiger partial charge in [0.2, 0.25) is 0 Å². The number of phenolic OH excluding ortho intramolecular Hbond substituents is 1. The van der Waals surface area contributed by atoms with Gasteiger partial charge in [0, 0.05) is 24.7 Å². The van der Waals surface area contributed by atoms with E-state index in [9.17, 15) is 14.7 Å². The standard InChI is InChI=1S/C22H26N2O5/c1-15(29-20-9-5-18(25)6-10-20)21(26)23-17-11-13-24(14-12-17)22(27)16-3-7-19(28-2)8-4-16/h3-10,15,17,25H,11-14H2,1-2H3,(H,23,26). The highest BCUT2D eigenvalue weighted by Crippen LogP contribution is 2.19. The van der Waals surface area contributed by atoms with Crippen molar-refractivity contribution in [2.75, 3.05) is 20.2 Å². The minimum atomic E-state index is -0.654. The van der Waals surface area contributed by atoms with Crippen LogP contribution in [0.15, 0.2) is 48.5 Å². The molecule has 2 aromatic carbocycles. The Hall–Kier alpha value is -3.22. The molecule has 2 N–H and O–H groups in total. The van der Waals surface area contributed by atoms with Crippen molar-refractivity contribution in [3.63, 3.8) is 0 Å². The predicted octanol–water partition coefficient (Wildman–Crippen LogP) is 2.59. The number of carbonyl (C=O) groups excluding carboxylic acids is 2. The van der Waals surface area contributed by atoms with Crippen LogP contribution in [0, 0.1) is 0 Å². The van der Waals surface area contributed by atoms with Crippen LogP contribution in [0.5, 0.6) is 17.2 Å². The molecule has 29 heavy (non-hydrogen) atoms. The number of methoxy groups -OCH3 is 1. The van der Waals surface area contributed by atoms with Gasteiger partial charge in [0.05, 0.1) is 7.11 Å². The van der Waals surface area contributed by atoms with Crippen LogP contribution < -0.4 is 14.8 Å². The van der Waals surface area contributed by atoms with E-state index in [4.69, 9.17) is 9.47 Å². The largest absolute Gasteiger partial charge is 0.508 e. The van der Waals surface area contributed by atoms with Crippen LogP contribution in [0.2, 0.25) is 0 Å². The first-order valence-corrected chi connectivity index (χ1v) is 9.65. The summed E-state index contributed by atoms with van der Waals surface area (Å²) < 4.78 is 10.7. The number of ether oxygens (including phenoxy) is 2. The second kappa shape index (κ2) is 9.32. The van der Waals surface area contributed by atoms with Gasteiger partial charge in [0.1, 0.15) is 17.2 Å². The zero-order valence-corrected chi connectivity index (χ0v) is 16.6. The Morgan fingerprint density at radius 3 is 2.21 bits per heavy atom. The third kappa shape index (κ3) is 5.40. The zero-order valence-electron chi connectivity index (χ0n) is 16.6. The molecule has 1 fully saturated rings. The van der Waals surface area contributed by atoms with Crippen molar-refractivity contribution in [2.45, 2.75) is 31.9 Å². The third-order valence-corrected chi connectivity index (χ3v) is 4.98. The van der Waals surface area contributed by atoms with Gasteiger partial charge in [-0.05, 0) is 68.3 Å². The maximum Gasteiger partial charge on any atom is 0.260 e. The average molecular weight is 398 g/mol. The molecule has 1 heterocycles. The van der Waals surface area contributed by atoms with E-state index >= 15 is 0 Å². The number of aromatic hydroxyl groups is 1. The number of benzene rings is 2. The first kappa shape index (κ1) is 20.5. The summed E-state index contributed by atoms with van der Waals surface area (Å²) >= 11 is 0. The molecule has 0 aromatic heterocycles. The minimum absolute atomic E-state index is 0.00767. The molecule has 7 heteroatoms. The van der Waals surface area contributed by atoms with E-state index in [1.54, 1.807) is 55.3 Å². The van der Waals surface area contributed by atoms with E-state index in [0.29, 0.717) is 43.0 Å². The van der Waals surface area contributed by atoms with E-state index in [1.165, 1.54) is 12.1 Å². The lowest BCUT2D eigenvalue weighted by Gasteiger charge is -2.33. The Morgan fingerprint density at radius 1 is 1.03 bits per heavy atom. The number of hydrogen-bond acceptors (Lipinski definition) is 5. The number of rotatable bonds is 6. The van der Waals surface area contributed by atoms with Gasteiger partial charge in [-0.2, -0.15) is 0 Å². The molecule has 0 bridgehead atoms. The maximum atomic E-state index is 12.6. The van der Waals surface area contributed by atoms with Crippen molar-refractivity contribution in [1.82, 2.24) is 10.2 Å². The van der Waals surface area contributed by atoms with Crippen molar-refractivity contribution < 1.29 is 24.2 Å². The Balaban J connectivity index is 1.46. The number of nitrogens with zero attached hydrogens (tertiary/aromatic N) is 1. The van der Waals surface area contributed by atoms with Gasteiger partial charge >= 0.3 is 0 Å². The van der Waals surface area contributed by atoms with Crippen molar-refractivity contribution in [1.29, 1.82) is 0 Å². The van der Waals surface area contributed by atoms with Crippen LogP contribution in [-0.2, 0) is 4.79 Å². The van der Waals surface area contributed by atoms with Crippen molar-refractivity contribution in [2.24, 2.45) is 0 Å². The van der Waals surface area contributed by atoms with Crippen molar-refractivity contribution in [3.8, 4) is 17.2 Å². The van der Waals surface area contributed by atoms with Crippen LogP contribution in [0.25, 0.3) is 0 Å². The normalized spacial score (nSPS) is 15.4. The van der Waals surface area contributed by atoms with Gasteiger partial charge < -0.3 is 24.8 Å². The molecule has 2 aromatic rings. The van der Waals surface area contributed by atoms with Crippen molar-refractivity contribution >= 4 is 11.8 Å². The second-order valence-corrected chi connectivity index (χ2v) is 7.06. The molecule has 0 spiro atoms. The molecule has 1 aliphatic heterocycles. The number of likely N-dealkylation sites (tertiary alicyclic amines) is 1. The van der Waals surface area contributed by atoms with E-state index in [0.717, 1.165) is 0 Å². The summed E-state index contributed by atoms with van der Waals surface area (Å²) in [7, 11) is 1.59. The Labute approximate surface area is 170 Å². The van der Waals surface area contributed by atoms with Gasteiger partial charge in [-0.25, -0.2) is 0 Å². The third-order valence-electron chi connectivity index (χ3n) is 4.98. The quantitative estimate of drug-likeness (QED) is 0.781. The fourth-order valence-electron chi connectivity index (χ4n) is 3.24. The molecular weight excluding hydrogens is 372 g/mol. The highest BCUT2D eigenvalue weighted by molar-refractivity contribution is 5.94. The van der Waals surface area contributed by atoms with Crippen LogP contribution in [0.4, 0.5) is 0 Å². The number of piperidine rings is 1. The molecule has 0 aliphatic carbocycles. The molecule has 154 valence electrons. The molecule has 1 unspecified atom stereocenters. The maximum absolute atomic E-state index is 12.6. The topological polar surface area (TPSA) is 88.1 Å². The molecule has 3 rings (SSSR count). The summed E-state index contributed by atoms with van der Waals surface area (Å²) in [5.74, 6) is 1.17. The van der Waals surface area contributed by atoms with E-state index < -0.39 is 6.10 Å². The number of amides is 2. The SMILES string of the molecule is COc1ccc(C(=O)N2CCC(NC(=O)C(C)Oc3ccc(O)cc3)CC2)cc1. The Bertz CT molecular complexity index is 827. The number of carbonyl (C=O) groups is 2. The van der Waals surface area contributed by atoms with Gasteiger partial charge in [0.15, 0.2) is 6.10 Å². The van der Waals surface area contributed by atoms with Gasteiger partial charge in [0.25, 0.3) is 11.8 Å². The van der Waals surface area contributed by atoms with Gasteiger partial charge in [-0.15, -0.1) is 0 Å². The summed E-state index contributed by atoms with van der Waals surface area (Å²) in [5, 5.41) is 12.3. The number of nitrogens with one attached hydrogen (secondary N) is 1. The first-order chi connectivity index (χ1) is 14.0. The second-order valence-electron chi connectivity index (χ2n) is 7.06.